The van der Waals surface area contributed by atoms with Gasteiger partial charge in [0.05, 0.1) is 25.9 Å². The van der Waals surface area contributed by atoms with Crippen molar-refractivity contribution in [1.82, 2.24) is 0 Å². The molecular weight excluding hydrogens is 288 g/mol. The second-order valence-corrected chi connectivity index (χ2v) is 5.64. The van der Waals surface area contributed by atoms with Crippen LogP contribution < -0.4 is 0 Å². The molecule has 3 rings (SSSR count). The van der Waals surface area contributed by atoms with Gasteiger partial charge in [0.25, 0.3) is 0 Å². The molecular formula is C16H20O6. The molecule has 2 fully saturated rings. The minimum absolute atomic E-state index is 0.266. The van der Waals surface area contributed by atoms with E-state index in [1.165, 1.54) is 7.11 Å². The molecule has 0 spiro atoms. The Labute approximate surface area is 128 Å². The number of esters is 1. The molecule has 6 atom stereocenters. The highest BCUT2D eigenvalue weighted by Crippen LogP contribution is 2.36. The molecule has 0 bridgehead atoms. The molecule has 120 valence electrons. The number of methoxy groups -OCH3 is 1. The number of hydrogen-bond acceptors (Lipinski definition) is 6. The molecule has 0 aliphatic carbocycles. The molecule has 6 heteroatoms. The summed E-state index contributed by atoms with van der Waals surface area (Å²) in [6.07, 6.45) is -3.20. The first-order valence-electron chi connectivity index (χ1n) is 7.35. The van der Waals surface area contributed by atoms with E-state index in [1.54, 1.807) is 0 Å². The number of rotatable bonds is 2. The Morgan fingerprint density at radius 3 is 2.68 bits per heavy atom. The Kier molecular flexibility index (Phi) is 4.44. The molecule has 1 N–H and O–H groups in total. The van der Waals surface area contributed by atoms with Gasteiger partial charge in [-0.25, -0.2) is 4.79 Å². The van der Waals surface area contributed by atoms with Crippen LogP contribution in [0.3, 0.4) is 0 Å². The SMILES string of the molecule is COC(=O)[C@@H]1OC2COC(c3ccccc3)O[C@@H]2C(C)C1O. The largest absolute Gasteiger partial charge is 0.467 e. The van der Waals surface area contributed by atoms with Gasteiger partial charge in [-0.1, -0.05) is 37.3 Å². The highest BCUT2D eigenvalue weighted by Gasteiger charge is 2.49. The second-order valence-electron chi connectivity index (χ2n) is 5.64. The Morgan fingerprint density at radius 2 is 2.00 bits per heavy atom. The van der Waals surface area contributed by atoms with Crippen LogP contribution >= 0.6 is 0 Å². The van der Waals surface area contributed by atoms with E-state index in [0.717, 1.165) is 5.56 Å². The monoisotopic (exact) mass is 308 g/mol. The Balaban J connectivity index is 1.74. The van der Waals surface area contributed by atoms with E-state index in [1.807, 2.05) is 37.3 Å². The zero-order valence-corrected chi connectivity index (χ0v) is 12.5. The highest BCUT2D eigenvalue weighted by atomic mass is 16.7. The van der Waals surface area contributed by atoms with Crippen molar-refractivity contribution in [2.75, 3.05) is 13.7 Å². The van der Waals surface area contributed by atoms with Crippen molar-refractivity contribution in [1.29, 1.82) is 0 Å². The lowest BCUT2D eigenvalue weighted by molar-refractivity contribution is -0.315. The quantitative estimate of drug-likeness (QED) is 0.823. The molecule has 2 aliphatic heterocycles. The van der Waals surface area contributed by atoms with E-state index in [4.69, 9.17) is 14.2 Å². The van der Waals surface area contributed by atoms with Crippen molar-refractivity contribution in [2.45, 2.75) is 37.6 Å². The molecule has 4 unspecified atom stereocenters. The van der Waals surface area contributed by atoms with Gasteiger partial charge < -0.3 is 24.1 Å². The predicted octanol–water partition coefficient (Wildman–Crippen LogP) is 1.04. The average molecular weight is 308 g/mol. The number of aliphatic hydroxyl groups is 1. The van der Waals surface area contributed by atoms with Crippen LogP contribution in [0.25, 0.3) is 0 Å². The highest BCUT2D eigenvalue weighted by molar-refractivity contribution is 5.75. The second kappa shape index (κ2) is 6.34. The summed E-state index contributed by atoms with van der Waals surface area (Å²) in [4.78, 5) is 11.7. The lowest BCUT2D eigenvalue weighted by atomic mass is 9.87. The predicted molar refractivity (Wildman–Crippen MR) is 75.9 cm³/mol. The summed E-state index contributed by atoms with van der Waals surface area (Å²) in [6.45, 7) is 2.14. The zero-order chi connectivity index (χ0) is 15.7. The number of carbonyl (C=O) groups excluding carboxylic acids is 1. The number of benzene rings is 1. The van der Waals surface area contributed by atoms with Gasteiger partial charge in [-0.2, -0.15) is 0 Å². The van der Waals surface area contributed by atoms with Crippen molar-refractivity contribution in [3.05, 3.63) is 35.9 Å². The van der Waals surface area contributed by atoms with E-state index >= 15 is 0 Å². The van der Waals surface area contributed by atoms with Crippen molar-refractivity contribution < 1.29 is 28.8 Å². The first-order valence-corrected chi connectivity index (χ1v) is 7.35. The zero-order valence-electron chi connectivity index (χ0n) is 12.5. The van der Waals surface area contributed by atoms with Crippen LogP contribution in [0.2, 0.25) is 0 Å². The van der Waals surface area contributed by atoms with Crippen LogP contribution in [0.5, 0.6) is 0 Å². The van der Waals surface area contributed by atoms with Gasteiger partial charge >= 0.3 is 5.97 Å². The van der Waals surface area contributed by atoms with Crippen LogP contribution in [0.1, 0.15) is 18.8 Å². The fraction of sp³-hybridized carbons (Fsp3) is 0.562. The van der Waals surface area contributed by atoms with Crippen LogP contribution in [-0.4, -0.2) is 49.2 Å². The summed E-state index contributed by atoms with van der Waals surface area (Å²) in [6, 6.07) is 9.60. The maximum Gasteiger partial charge on any atom is 0.337 e. The summed E-state index contributed by atoms with van der Waals surface area (Å²) in [5.74, 6) is -0.846. The summed E-state index contributed by atoms with van der Waals surface area (Å²) >= 11 is 0. The van der Waals surface area contributed by atoms with E-state index < -0.39 is 30.6 Å². The summed E-state index contributed by atoms with van der Waals surface area (Å²) in [7, 11) is 1.27. The summed E-state index contributed by atoms with van der Waals surface area (Å²) in [5, 5.41) is 10.3. The fourth-order valence-corrected chi connectivity index (χ4v) is 2.96. The van der Waals surface area contributed by atoms with Gasteiger partial charge in [-0.3, -0.25) is 0 Å². The van der Waals surface area contributed by atoms with Crippen LogP contribution in [-0.2, 0) is 23.7 Å². The average Bonchev–Trinajstić information content (AvgIpc) is 2.58. The number of carbonyl (C=O) groups is 1. The van der Waals surface area contributed by atoms with Gasteiger partial charge in [0.1, 0.15) is 6.10 Å². The molecule has 0 radical (unpaired) electrons. The Hall–Kier alpha value is -1.47. The van der Waals surface area contributed by atoms with Gasteiger partial charge in [0.2, 0.25) is 0 Å². The maximum absolute atomic E-state index is 11.7. The summed E-state index contributed by atoms with van der Waals surface area (Å²) < 4.78 is 22.0. The van der Waals surface area contributed by atoms with E-state index in [0.29, 0.717) is 6.61 Å². The summed E-state index contributed by atoms with van der Waals surface area (Å²) in [5.41, 5.74) is 0.915. The van der Waals surface area contributed by atoms with E-state index in [-0.39, 0.29) is 12.0 Å². The minimum Gasteiger partial charge on any atom is -0.467 e. The normalized spacial score (nSPS) is 38.1. The van der Waals surface area contributed by atoms with Crippen molar-refractivity contribution >= 4 is 5.97 Å². The third-order valence-corrected chi connectivity index (χ3v) is 4.25. The topological polar surface area (TPSA) is 74.2 Å². The first kappa shape index (κ1) is 15.4. The van der Waals surface area contributed by atoms with Crippen molar-refractivity contribution in [2.24, 2.45) is 5.92 Å². The third kappa shape index (κ3) is 2.75. The van der Waals surface area contributed by atoms with E-state index in [9.17, 15) is 9.90 Å². The van der Waals surface area contributed by atoms with Gasteiger partial charge in [0.15, 0.2) is 12.4 Å². The van der Waals surface area contributed by atoms with E-state index in [2.05, 4.69) is 4.74 Å². The third-order valence-electron chi connectivity index (χ3n) is 4.25. The van der Waals surface area contributed by atoms with Crippen LogP contribution in [0.4, 0.5) is 0 Å². The molecule has 1 aromatic rings. The molecule has 22 heavy (non-hydrogen) atoms. The molecule has 0 aromatic heterocycles. The number of fused-ring (bicyclic) bond motifs is 1. The van der Waals surface area contributed by atoms with Crippen molar-refractivity contribution in [3.8, 4) is 0 Å². The van der Waals surface area contributed by atoms with Gasteiger partial charge in [-0.15, -0.1) is 0 Å². The molecule has 2 aliphatic rings. The molecule has 1 aromatic carbocycles. The minimum atomic E-state index is -0.998. The molecule has 0 amide bonds. The molecule has 2 saturated heterocycles. The molecule has 0 saturated carbocycles. The van der Waals surface area contributed by atoms with Crippen LogP contribution in [0.15, 0.2) is 30.3 Å². The van der Waals surface area contributed by atoms with Gasteiger partial charge in [0, 0.05) is 11.5 Å². The van der Waals surface area contributed by atoms with Crippen molar-refractivity contribution in [3.63, 3.8) is 0 Å². The number of ether oxygens (including phenoxy) is 4. The van der Waals surface area contributed by atoms with Gasteiger partial charge in [-0.05, 0) is 0 Å². The fourth-order valence-electron chi connectivity index (χ4n) is 2.96. The maximum atomic E-state index is 11.7. The smallest absolute Gasteiger partial charge is 0.337 e. The Morgan fingerprint density at radius 1 is 1.27 bits per heavy atom. The lowest BCUT2D eigenvalue weighted by Gasteiger charge is -2.46. The standard InChI is InChI=1S/C16H20O6/c1-9-12(17)14(15(18)19-2)21-11-8-20-16(22-13(9)11)10-6-4-3-5-7-10/h3-7,9,11-14,16-17H,8H2,1-2H3/t9?,11?,12?,13-,14-,16?/m1/s1. The lowest BCUT2D eigenvalue weighted by Crippen LogP contribution is -2.60. The molecule has 2 heterocycles. The van der Waals surface area contributed by atoms with Crippen LogP contribution in [0, 0.1) is 5.92 Å². The first-order chi connectivity index (χ1) is 10.6. The number of aliphatic hydroxyl groups excluding tert-OH is 1. The molecule has 6 nitrogen and oxygen atoms in total. The Bertz CT molecular complexity index is 517. The number of hydrogen-bond donors (Lipinski definition) is 1.